The Hall–Kier alpha value is -7.57. The van der Waals surface area contributed by atoms with Gasteiger partial charge in [0.2, 0.25) is 12.2 Å². The zero-order chi connectivity index (χ0) is 48.6. The summed E-state index contributed by atoms with van der Waals surface area (Å²) >= 11 is 0. The van der Waals surface area contributed by atoms with E-state index in [4.69, 9.17) is 28.5 Å². The maximum atomic E-state index is 9.03. The van der Waals surface area contributed by atoms with Gasteiger partial charge >= 0.3 is 0 Å². The van der Waals surface area contributed by atoms with Crippen molar-refractivity contribution in [1.29, 1.82) is 0 Å². The number of fused-ring (bicyclic) bond motifs is 3. The lowest BCUT2D eigenvalue weighted by Crippen LogP contribution is -2.33. The molecule has 6 heteroatoms. The van der Waals surface area contributed by atoms with Gasteiger partial charge in [-0.2, -0.15) is 4.68 Å². The number of hydrogen-bond donors (Lipinski definition) is 0. The van der Waals surface area contributed by atoms with E-state index < -0.39 is 60.4 Å². The van der Waals surface area contributed by atoms with Crippen molar-refractivity contribution in [1.82, 2.24) is 19.3 Å². The summed E-state index contributed by atoms with van der Waals surface area (Å²) in [4.78, 5) is 4.81. The zero-order valence-electron chi connectivity index (χ0n) is 42.3. The molecule has 0 aliphatic rings. The van der Waals surface area contributed by atoms with Gasteiger partial charge in [-0.25, -0.2) is 4.98 Å². The fourth-order valence-electron chi connectivity index (χ4n) is 7.39. The summed E-state index contributed by atoms with van der Waals surface area (Å²) in [5.41, 5.74) is 4.07. The first kappa shape index (κ1) is 26.4. The van der Waals surface area contributed by atoms with Crippen LogP contribution in [0.1, 0.15) is 40.0 Å². The van der Waals surface area contributed by atoms with E-state index in [9.17, 15) is 0 Å². The first-order chi connectivity index (χ1) is 33.0. The number of ether oxygens (including phenoxy) is 1. The molecule has 10 rings (SSSR count). The van der Waals surface area contributed by atoms with Crippen LogP contribution in [-0.4, -0.2) is 19.3 Å². The molecule has 0 amide bonds. The van der Waals surface area contributed by atoms with Crippen LogP contribution in [0.5, 0.6) is 11.5 Å². The number of benzene rings is 7. The van der Waals surface area contributed by atoms with Gasteiger partial charge in [0, 0.05) is 34.3 Å². The highest BCUT2D eigenvalue weighted by Gasteiger charge is 2.22. The largest absolute Gasteiger partial charge is 0.458 e. The summed E-state index contributed by atoms with van der Waals surface area (Å²) in [5.74, 6) is 2.10. The second-order valence-electron chi connectivity index (χ2n) is 15.0. The quantitative estimate of drug-likeness (QED) is 0.114. The maximum absolute atomic E-state index is 9.03. The van der Waals surface area contributed by atoms with Gasteiger partial charge in [0.1, 0.15) is 17.3 Å². The third-order valence-corrected chi connectivity index (χ3v) is 10.2. The van der Waals surface area contributed by atoms with Crippen molar-refractivity contribution < 1.29 is 23.0 Å². The Morgan fingerprint density at radius 1 is 0.610 bits per heavy atom. The Bertz CT molecular complexity index is 3570. The number of hydrogen-bond acceptors (Lipinski definition) is 3. The maximum Gasteiger partial charge on any atom is 0.231 e. The van der Waals surface area contributed by atoms with E-state index in [0.29, 0.717) is 22.7 Å². The SMILES string of the molecule is [2H]c1c([2H])c([2H])c(-c2cccc(-c3c([2H])c([2H])c([2H])c([2H])c3[2H])c2-[n+]2[c-]n(-c3cccc(Oc4ccc5c6ccccc6n(-c6cc(C(C)(C)C)ccn6)c5c4)c3)nc2-c2ccccc2)c([2H])c1[2H]. The van der Waals surface area contributed by atoms with Crippen molar-refractivity contribution in [2.75, 3.05) is 0 Å². The smallest absolute Gasteiger partial charge is 0.231 e. The predicted octanol–water partition coefficient (Wildman–Crippen LogP) is 12.5. The number of rotatable bonds is 8. The van der Waals surface area contributed by atoms with E-state index in [1.54, 1.807) is 24.3 Å². The van der Waals surface area contributed by atoms with Crippen molar-refractivity contribution in [3.8, 4) is 62.3 Å². The van der Waals surface area contributed by atoms with E-state index in [0.717, 1.165) is 33.2 Å². The van der Waals surface area contributed by atoms with Gasteiger partial charge in [-0.05, 0) is 80.8 Å². The number of pyridine rings is 1. The monoisotopic (exact) mass is 773 g/mol. The van der Waals surface area contributed by atoms with E-state index in [-0.39, 0.29) is 39.2 Å². The Morgan fingerprint density at radius 3 is 2.00 bits per heavy atom. The molecule has 0 atom stereocenters. The average Bonchev–Trinajstić information content (AvgIpc) is 3.94. The Balaban J connectivity index is 1.16. The molecule has 0 spiro atoms. The molecular weight excluding hydrogens is 723 g/mol. The first-order valence-corrected chi connectivity index (χ1v) is 19.1. The normalized spacial score (nSPS) is 14.0. The summed E-state index contributed by atoms with van der Waals surface area (Å²) in [7, 11) is 0. The standard InChI is InChI=1S/C53H41N5O/c1-53(2,3)40-31-32-54-50(33-40)58-48-28-14-13-25-46(48)47-30-29-43(35-49(47)58)59-42-24-15-23-41(34-42)57-36-56(52(55-57)39-21-11-6-12-22-39)51-44(37-17-7-4-8-18-37)26-16-27-45(51)38-19-9-5-10-20-38/h4-35H,1-3H3/i4D,5D,7D,8D,9D,10D,17D,18D,19D,20D. The first-order valence-electron chi connectivity index (χ1n) is 24.1. The minimum atomic E-state index is -0.582. The van der Waals surface area contributed by atoms with Crippen LogP contribution in [0.15, 0.2) is 194 Å². The van der Waals surface area contributed by atoms with Crippen LogP contribution in [0.25, 0.3) is 72.6 Å². The highest BCUT2D eigenvalue weighted by molar-refractivity contribution is 6.09. The lowest BCUT2D eigenvalue weighted by atomic mass is 9.88. The summed E-state index contributed by atoms with van der Waals surface area (Å²) in [6, 6.07) is 33.9. The molecule has 0 unspecified atom stereocenters. The molecule has 0 bridgehead atoms. The van der Waals surface area contributed by atoms with Crippen LogP contribution in [0.3, 0.4) is 0 Å². The van der Waals surface area contributed by atoms with Crippen molar-refractivity contribution in [3.05, 3.63) is 206 Å². The topological polar surface area (TPSA) is 48.8 Å². The Labute approximate surface area is 357 Å². The van der Waals surface area contributed by atoms with Crippen LogP contribution < -0.4 is 9.30 Å². The van der Waals surface area contributed by atoms with Crippen LogP contribution in [0.4, 0.5) is 0 Å². The summed E-state index contributed by atoms with van der Waals surface area (Å²) < 4.78 is 98.9. The van der Waals surface area contributed by atoms with E-state index in [1.165, 1.54) is 9.25 Å². The number of nitrogens with zero attached hydrogens (tertiary/aromatic N) is 5. The van der Waals surface area contributed by atoms with Crippen molar-refractivity contribution in [2.45, 2.75) is 26.2 Å². The van der Waals surface area contributed by atoms with Crippen LogP contribution in [0, 0.1) is 6.33 Å². The van der Waals surface area contributed by atoms with Gasteiger partial charge in [-0.15, -0.1) is 0 Å². The molecule has 0 radical (unpaired) electrons. The second kappa shape index (κ2) is 14.7. The Morgan fingerprint density at radius 2 is 1.27 bits per heavy atom. The lowest BCUT2D eigenvalue weighted by molar-refractivity contribution is -0.587. The third kappa shape index (κ3) is 6.74. The second-order valence-corrected chi connectivity index (χ2v) is 15.0. The molecule has 0 fully saturated rings. The predicted molar refractivity (Wildman–Crippen MR) is 238 cm³/mol. The van der Waals surface area contributed by atoms with E-state index in [2.05, 4.69) is 49.9 Å². The third-order valence-electron chi connectivity index (χ3n) is 10.2. The fraction of sp³-hybridized carbons (Fsp3) is 0.0755. The molecule has 59 heavy (non-hydrogen) atoms. The van der Waals surface area contributed by atoms with Crippen LogP contribution in [-0.2, 0) is 5.41 Å². The van der Waals surface area contributed by atoms with Crippen molar-refractivity contribution in [2.24, 2.45) is 0 Å². The van der Waals surface area contributed by atoms with Crippen LogP contribution >= 0.6 is 0 Å². The molecule has 3 heterocycles. The summed E-state index contributed by atoms with van der Waals surface area (Å²) in [6.07, 6.45) is 5.15. The molecule has 284 valence electrons. The van der Waals surface area contributed by atoms with Gasteiger partial charge in [0.15, 0.2) is 0 Å². The molecular formula is C53H41N5O. The highest BCUT2D eigenvalue weighted by Crippen LogP contribution is 2.37. The van der Waals surface area contributed by atoms with Crippen molar-refractivity contribution in [3.63, 3.8) is 0 Å². The average molecular weight is 774 g/mol. The molecule has 7 aromatic carbocycles. The minimum absolute atomic E-state index is 0.0940. The molecule has 3 aromatic heterocycles. The molecule has 0 saturated carbocycles. The van der Waals surface area contributed by atoms with Crippen molar-refractivity contribution >= 4 is 21.8 Å². The van der Waals surface area contributed by atoms with E-state index in [1.807, 2.05) is 91.1 Å². The molecule has 10 aromatic rings. The minimum Gasteiger partial charge on any atom is -0.458 e. The lowest BCUT2D eigenvalue weighted by Gasteiger charge is -2.20. The molecule has 0 aliphatic heterocycles. The zero-order valence-corrected chi connectivity index (χ0v) is 32.3. The molecule has 0 N–H and O–H groups in total. The van der Waals surface area contributed by atoms with Gasteiger partial charge < -0.3 is 9.30 Å². The molecule has 0 aliphatic carbocycles. The summed E-state index contributed by atoms with van der Waals surface area (Å²) in [6.45, 7) is 6.52. The number of aromatic nitrogens is 5. The van der Waals surface area contributed by atoms with Gasteiger partial charge in [-0.1, -0.05) is 160 Å². The van der Waals surface area contributed by atoms with Crippen LogP contribution in [0.2, 0.25) is 0 Å². The van der Waals surface area contributed by atoms with Gasteiger partial charge in [-0.3, -0.25) is 4.57 Å². The fourth-order valence-corrected chi connectivity index (χ4v) is 7.39. The summed E-state index contributed by atoms with van der Waals surface area (Å²) in [5, 5.41) is 7.14. The number of para-hydroxylation sites is 2. The highest BCUT2D eigenvalue weighted by atomic mass is 16.5. The molecule has 6 nitrogen and oxygen atoms in total. The Kier molecular flexibility index (Phi) is 6.59. The molecule has 0 saturated heterocycles. The van der Waals surface area contributed by atoms with E-state index >= 15 is 0 Å². The van der Waals surface area contributed by atoms with Gasteiger partial charge in [0.05, 0.1) is 30.4 Å². The van der Waals surface area contributed by atoms with Gasteiger partial charge in [0.25, 0.3) is 0 Å².